The zero-order valence-electron chi connectivity index (χ0n) is 12.6. The summed E-state index contributed by atoms with van der Waals surface area (Å²) in [4.78, 5) is 0. The lowest BCUT2D eigenvalue weighted by Crippen LogP contribution is -2.42. The number of rotatable bonds is 10. The molecule has 0 aliphatic heterocycles. The number of hydrogen-bond donors (Lipinski definition) is 1. The van der Waals surface area contributed by atoms with Crippen molar-refractivity contribution < 1.29 is 14.2 Å². The van der Waals surface area contributed by atoms with E-state index < -0.39 is 0 Å². The van der Waals surface area contributed by atoms with E-state index >= 15 is 0 Å². The Hall–Kier alpha value is -0.160. The second-order valence-electron chi connectivity index (χ2n) is 5.50. The molecule has 0 saturated heterocycles. The molecule has 1 aliphatic carbocycles. The first-order valence-corrected chi connectivity index (χ1v) is 7.71. The third-order valence-electron chi connectivity index (χ3n) is 3.85. The lowest BCUT2D eigenvalue weighted by atomic mass is 9.82. The molecule has 0 aromatic rings. The molecule has 1 rings (SSSR count). The van der Waals surface area contributed by atoms with Gasteiger partial charge in [-0.3, -0.25) is 0 Å². The molecule has 1 saturated carbocycles. The molecule has 19 heavy (non-hydrogen) atoms. The van der Waals surface area contributed by atoms with Crippen molar-refractivity contribution in [1.82, 2.24) is 0 Å². The minimum absolute atomic E-state index is 0.210. The second-order valence-corrected chi connectivity index (χ2v) is 5.50. The van der Waals surface area contributed by atoms with Crippen molar-refractivity contribution in [3.05, 3.63) is 0 Å². The summed E-state index contributed by atoms with van der Waals surface area (Å²) in [6.45, 7) is 5.06. The highest BCUT2D eigenvalue weighted by Gasteiger charge is 2.28. The van der Waals surface area contributed by atoms with Gasteiger partial charge in [0.05, 0.1) is 19.3 Å². The Morgan fingerprint density at radius 2 is 1.95 bits per heavy atom. The molecule has 3 atom stereocenters. The Bertz CT molecular complexity index is 214. The average Bonchev–Trinajstić information content (AvgIpc) is 2.41. The van der Waals surface area contributed by atoms with E-state index in [2.05, 4.69) is 6.92 Å². The zero-order valence-corrected chi connectivity index (χ0v) is 12.6. The van der Waals surface area contributed by atoms with Crippen molar-refractivity contribution in [3.63, 3.8) is 0 Å². The molecule has 0 amide bonds. The molecule has 0 bridgehead atoms. The molecular weight excluding hydrogens is 242 g/mol. The summed E-state index contributed by atoms with van der Waals surface area (Å²) in [5.41, 5.74) is 6.14. The van der Waals surface area contributed by atoms with Crippen LogP contribution in [0.3, 0.4) is 0 Å². The number of ether oxygens (including phenoxy) is 3. The second kappa shape index (κ2) is 10.6. The minimum atomic E-state index is 0.210. The number of hydrogen-bond acceptors (Lipinski definition) is 4. The van der Waals surface area contributed by atoms with E-state index in [1.54, 1.807) is 7.11 Å². The Morgan fingerprint density at radius 1 is 1.11 bits per heavy atom. The lowest BCUT2D eigenvalue weighted by molar-refractivity contribution is -0.0314. The van der Waals surface area contributed by atoms with Crippen LogP contribution in [0.5, 0.6) is 0 Å². The van der Waals surface area contributed by atoms with E-state index in [4.69, 9.17) is 19.9 Å². The van der Waals surface area contributed by atoms with Gasteiger partial charge in [0.25, 0.3) is 0 Å². The van der Waals surface area contributed by atoms with Crippen LogP contribution in [-0.4, -0.2) is 45.7 Å². The van der Waals surface area contributed by atoms with E-state index in [0.717, 1.165) is 38.4 Å². The smallest absolute Gasteiger partial charge is 0.0729 e. The monoisotopic (exact) mass is 273 g/mol. The van der Waals surface area contributed by atoms with Crippen LogP contribution < -0.4 is 5.73 Å². The van der Waals surface area contributed by atoms with Gasteiger partial charge >= 0.3 is 0 Å². The Morgan fingerprint density at radius 3 is 2.68 bits per heavy atom. The van der Waals surface area contributed by atoms with Crippen molar-refractivity contribution >= 4 is 0 Å². The first-order chi connectivity index (χ1) is 9.27. The highest BCUT2D eigenvalue weighted by Crippen LogP contribution is 2.28. The van der Waals surface area contributed by atoms with Gasteiger partial charge in [-0.1, -0.05) is 19.8 Å². The summed E-state index contributed by atoms with van der Waals surface area (Å²) in [7, 11) is 1.71. The zero-order chi connectivity index (χ0) is 13.9. The molecule has 4 nitrogen and oxygen atoms in total. The summed E-state index contributed by atoms with van der Waals surface area (Å²) >= 11 is 0. The number of methoxy groups -OCH3 is 1. The van der Waals surface area contributed by atoms with Crippen LogP contribution in [-0.2, 0) is 14.2 Å². The summed E-state index contributed by atoms with van der Waals surface area (Å²) < 4.78 is 16.4. The van der Waals surface area contributed by atoms with Gasteiger partial charge in [0.15, 0.2) is 0 Å². The SMILES string of the molecule is CCCC1CCC(N)C(OCCOCCCOC)C1. The average molecular weight is 273 g/mol. The van der Waals surface area contributed by atoms with Gasteiger partial charge in [0.1, 0.15) is 0 Å². The molecular formula is C15H31NO3. The fourth-order valence-electron chi connectivity index (χ4n) is 2.76. The quantitative estimate of drug-likeness (QED) is 0.621. The predicted octanol–water partition coefficient (Wildman–Crippen LogP) is 2.35. The molecule has 1 fully saturated rings. The number of nitrogens with two attached hydrogens (primary N) is 1. The fourth-order valence-corrected chi connectivity index (χ4v) is 2.76. The van der Waals surface area contributed by atoms with Gasteiger partial charge in [-0.2, -0.15) is 0 Å². The van der Waals surface area contributed by atoms with E-state index in [1.807, 2.05) is 0 Å². The molecule has 4 heteroatoms. The third-order valence-corrected chi connectivity index (χ3v) is 3.85. The van der Waals surface area contributed by atoms with Crippen LogP contribution in [0.2, 0.25) is 0 Å². The van der Waals surface area contributed by atoms with Gasteiger partial charge in [-0.25, -0.2) is 0 Å². The topological polar surface area (TPSA) is 53.7 Å². The summed E-state index contributed by atoms with van der Waals surface area (Å²) in [6, 6.07) is 0.210. The van der Waals surface area contributed by atoms with Crippen LogP contribution in [0.4, 0.5) is 0 Å². The maximum atomic E-state index is 6.14. The van der Waals surface area contributed by atoms with Crippen LogP contribution in [0.15, 0.2) is 0 Å². The van der Waals surface area contributed by atoms with Crippen LogP contribution in [0.25, 0.3) is 0 Å². The molecule has 0 radical (unpaired) electrons. The van der Waals surface area contributed by atoms with Gasteiger partial charge in [-0.05, 0) is 31.6 Å². The van der Waals surface area contributed by atoms with Crippen molar-refractivity contribution in [2.45, 2.75) is 57.6 Å². The first-order valence-electron chi connectivity index (χ1n) is 7.71. The standard InChI is InChI=1S/C15H31NO3/c1-3-5-13-6-7-14(16)15(12-13)19-11-10-18-9-4-8-17-2/h13-15H,3-12,16H2,1-2H3. The van der Waals surface area contributed by atoms with Gasteiger partial charge < -0.3 is 19.9 Å². The van der Waals surface area contributed by atoms with Crippen molar-refractivity contribution in [1.29, 1.82) is 0 Å². The van der Waals surface area contributed by atoms with Gasteiger partial charge in [0, 0.05) is 26.4 Å². The van der Waals surface area contributed by atoms with E-state index in [1.165, 1.54) is 19.3 Å². The Kier molecular flexibility index (Phi) is 9.43. The van der Waals surface area contributed by atoms with E-state index in [9.17, 15) is 0 Å². The highest BCUT2D eigenvalue weighted by molar-refractivity contribution is 4.83. The molecule has 114 valence electrons. The maximum absolute atomic E-state index is 6.14. The Labute approximate surface area is 118 Å². The fraction of sp³-hybridized carbons (Fsp3) is 1.00. The Balaban J connectivity index is 2.06. The molecule has 1 aliphatic rings. The van der Waals surface area contributed by atoms with Crippen LogP contribution in [0, 0.1) is 5.92 Å². The minimum Gasteiger partial charge on any atom is -0.385 e. The maximum Gasteiger partial charge on any atom is 0.0729 e. The van der Waals surface area contributed by atoms with Crippen LogP contribution in [0.1, 0.15) is 45.4 Å². The third kappa shape index (κ3) is 7.25. The molecule has 0 aromatic carbocycles. The normalized spacial score (nSPS) is 27.6. The van der Waals surface area contributed by atoms with Crippen LogP contribution >= 0.6 is 0 Å². The molecule has 0 heterocycles. The molecule has 2 N–H and O–H groups in total. The van der Waals surface area contributed by atoms with E-state index in [-0.39, 0.29) is 12.1 Å². The molecule has 0 aromatic heterocycles. The van der Waals surface area contributed by atoms with E-state index in [0.29, 0.717) is 13.2 Å². The molecule has 0 spiro atoms. The summed E-state index contributed by atoms with van der Waals surface area (Å²) in [5.74, 6) is 0.803. The largest absolute Gasteiger partial charge is 0.385 e. The predicted molar refractivity (Wildman–Crippen MR) is 77.3 cm³/mol. The van der Waals surface area contributed by atoms with Gasteiger partial charge in [0.2, 0.25) is 0 Å². The first kappa shape index (κ1) is 16.9. The van der Waals surface area contributed by atoms with Crippen molar-refractivity contribution in [2.75, 3.05) is 33.5 Å². The highest BCUT2D eigenvalue weighted by atomic mass is 16.5. The molecule has 3 unspecified atom stereocenters. The summed E-state index contributed by atoms with van der Waals surface area (Å²) in [6.07, 6.45) is 7.23. The van der Waals surface area contributed by atoms with Crippen molar-refractivity contribution in [3.8, 4) is 0 Å². The lowest BCUT2D eigenvalue weighted by Gasteiger charge is -2.34. The van der Waals surface area contributed by atoms with Crippen molar-refractivity contribution in [2.24, 2.45) is 11.7 Å². The van der Waals surface area contributed by atoms with Gasteiger partial charge in [-0.15, -0.1) is 0 Å². The summed E-state index contributed by atoms with van der Waals surface area (Å²) in [5, 5.41) is 0.